The Morgan fingerprint density at radius 1 is 0.476 bits per heavy atom. The zero-order valence-electron chi connectivity index (χ0n) is 23.7. The molecule has 1 aliphatic rings. The maximum Gasteiger partial charge on any atom is 0.0626 e. The van der Waals surface area contributed by atoms with Crippen molar-refractivity contribution in [3.05, 3.63) is 151 Å². The molecule has 0 N–H and O–H groups in total. The van der Waals surface area contributed by atoms with E-state index < -0.39 is 0 Å². The first-order valence-electron chi connectivity index (χ1n) is 14.8. The molecule has 0 saturated heterocycles. The minimum atomic E-state index is -0.0950. The summed E-state index contributed by atoms with van der Waals surface area (Å²) >= 11 is 0. The fourth-order valence-corrected chi connectivity index (χ4v) is 7.65. The van der Waals surface area contributed by atoms with Gasteiger partial charge in [0.05, 0.1) is 16.7 Å². The van der Waals surface area contributed by atoms with E-state index in [1.54, 1.807) is 0 Å². The smallest absolute Gasteiger partial charge is 0.0626 e. The Bertz CT molecular complexity index is 2370. The van der Waals surface area contributed by atoms with Gasteiger partial charge in [0, 0.05) is 32.7 Å². The van der Waals surface area contributed by atoms with Crippen LogP contribution in [0.25, 0.3) is 71.3 Å². The van der Waals surface area contributed by atoms with Gasteiger partial charge in [0.25, 0.3) is 0 Å². The number of nitrogens with zero attached hydrogens (tertiary/aromatic N) is 1. The summed E-state index contributed by atoms with van der Waals surface area (Å²) in [7, 11) is 0. The van der Waals surface area contributed by atoms with Crippen molar-refractivity contribution >= 4 is 43.4 Å². The molecular formula is C41H29N. The Hall–Kier alpha value is -5.14. The van der Waals surface area contributed by atoms with Gasteiger partial charge in [-0.25, -0.2) is 0 Å². The second-order valence-electron chi connectivity index (χ2n) is 12.1. The van der Waals surface area contributed by atoms with Gasteiger partial charge in [-0.15, -0.1) is 0 Å². The van der Waals surface area contributed by atoms with Gasteiger partial charge in [-0.3, -0.25) is 0 Å². The van der Waals surface area contributed by atoms with Crippen LogP contribution >= 0.6 is 0 Å². The van der Waals surface area contributed by atoms with Crippen LogP contribution in [0.2, 0.25) is 0 Å². The third kappa shape index (κ3) is 3.03. The molecule has 0 saturated carbocycles. The number of hydrogen-bond donors (Lipinski definition) is 0. The average Bonchev–Trinajstić information content (AvgIpc) is 3.37. The fourth-order valence-electron chi connectivity index (χ4n) is 7.65. The van der Waals surface area contributed by atoms with Crippen LogP contribution < -0.4 is 0 Å². The minimum Gasteiger partial charge on any atom is -0.307 e. The van der Waals surface area contributed by atoms with E-state index in [-0.39, 0.29) is 5.41 Å². The predicted molar refractivity (Wildman–Crippen MR) is 179 cm³/mol. The normalized spacial score (nSPS) is 13.7. The molecule has 42 heavy (non-hydrogen) atoms. The number of rotatable bonds is 2. The predicted octanol–water partition coefficient (Wildman–Crippen LogP) is 11.1. The Kier molecular flexibility index (Phi) is 4.73. The summed E-state index contributed by atoms with van der Waals surface area (Å²) in [5.74, 6) is 0. The molecule has 0 radical (unpaired) electrons. The van der Waals surface area contributed by atoms with Gasteiger partial charge in [-0.1, -0.05) is 141 Å². The Labute approximate surface area is 245 Å². The highest BCUT2D eigenvalue weighted by Gasteiger charge is 2.35. The Morgan fingerprint density at radius 2 is 1.17 bits per heavy atom. The Morgan fingerprint density at radius 3 is 2.05 bits per heavy atom. The van der Waals surface area contributed by atoms with Crippen molar-refractivity contribution < 1.29 is 0 Å². The lowest BCUT2D eigenvalue weighted by Gasteiger charge is -2.35. The summed E-state index contributed by atoms with van der Waals surface area (Å²) < 4.78 is 2.58. The summed E-state index contributed by atoms with van der Waals surface area (Å²) in [5.41, 5.74) is 11.6. The van der Waals surface area contributed by atoms with E-state index >= 15 is 0 Å². The molecule has 0 fully saturated rings. The lowest BCUT2D eigenvalue weighted by atomic mass is 9.68. The SMILES string of the molecule is CC1(C)c2ccccc2-c2c3c1cccc3cc1c3ccc4ccccc4c3n(-c3ccccc3-c3ccccc3)c21. The zero-order valence-corrected chi connectivity index (χ0v) is 23.7. The van der Waals surface area contributed by atoms with E-state index in [9.17, 15) is 0 Å². The molecule has 8 aromatic rings. The summed E-state index contributed by atoms with van der Waals surface area (Å²) in [5, 5.41) is 7.80. The molecule has 1 nitrogen and oxygen atoms in total. The van der Waals surface area contributed by atoms with Gasteiger partial charge < -0.3 is 4.57 Å². The molecule has 0 aliphatic heterocycles. The molecule has 198 valence electrons. The standard InChI is InChI=1S/C41H29N/c1-41(2)34-20-10-8-19-32(34)38-37-28(16-12-21-35(37)41)25-33-31-24-23-27-15-6-7-18-30(27)39(31)42(40(33)38)36-22-11-9-17-29(36)26-13-4-3-5-14-26/h3-25H,1-2H3. The van der Waals surface area contributed by atoms with Crippen LogP contribution in [-0.2, 0) is 5.41 Å². The molecule has 0 spiro atoms. The topological polar surface area (TPSA) is 4.93 Å². The summed E-state index contributed by atoms with van der Waals surface area (Å²) in [4.78, 5) is 0. The van der Waals surface area contributed by atoms with Gasteiger partial charge in [0.2, 0.25) is 0 Å². The number of aromatic nitrogens is 1. The van der Waals surface area contributed by atoms with Gasteiger partial charge in [0.1, 0.15) is 0 Å². The first kappa shape index (κ1) is 23.6. The van der Waals surface area contributed by atoms with Crippen molar-refractivity contribution in [3.8, 4) is 27.9 Å². The van der Waals surface area contributed by atoms with Crippen molar-refractivity contribution in [2.45, 2.75) is 19.3 Å². The van der Waals surface area contributed by atoms with Gasteiger partial charge >= 0.3 is 0 Å². The van der Waals surface area contributed by atoms with E-state index in [4.69, 9.17) is 0 Å². The molecule has 0 unspecified atom stereocenters. The van der Waals surface area contributed by atoms with Crippen LogP contribution in [-0.4, -0.2) is 4.57 Å². The number of para-hydroxylation sites is 1. The number of hydrogen-bond acceptors (Lipinski definition) is 0. The van der Waals surface area contributed by atoms with Crippen molar-refractivity contribution in [1.82, 2.24) is 4.57 Å². The summed E-state index contributed by atoms with van der Waals surface area (Å²) in [6.45, 7) is 4.75. The largest absolute Gasteiger partial charge is 0.307 e. The summed E-state index contributed by atoms with van der Waals surface area (Å²) in [6, 6.07) is 51.5. The van der Waals surface area contributed by atoms with Gasteiger partial charge in [-0.05, 0) is 50.5 Å². The molecule has 0 atom stereocenters. The molecular weight excluding hydrogens is 506 g/mol. The van der Waals surface area contributed by atoms with E-state index in [0.29, 0.717) is 0 Å². The highest BCUT2D eigenvalue weighted by Crippen LogP contribution is 2.53. The van der Waals surface area contributed by atoms with Crippen LogP contribution in [0.3, 0.4) is 0 Å². The van der Waals surface area contributed by atoms with Crippen molar-refractivity contribution in [1.29, 1.82) is 0 Å². The second kappa shape index (κ2) is 8.44. The summed E-state index contributed by atoms with van der Waals surface area (Å²) in [6.07, 6.45) is 0. The maximum atomic E-state index is 2.58. The Balaban J connectivity index is 1.59. The molecule has 0 bridgehead atoms. The lowest BCUT2D eigenvalue weighted by molar-refractivity contribution is 0.645. The third-order valence-corrected chi connectivity index (χ3v) is 9.55. The highest BCUT2D eigenvalue weighted by atomic mass is 15.0. The van der Waals surface area contributed by atoms with Crippen LogP contribution in [0.5, 0.6) is 0 Å². The van der Waals surface area contributed by atoms with Gasteiger partial charge in [-0.2, -0.15) is 0 Å². The molecule has 1 aromatic heterocycles. The maximum absolute atomic E-state index is 2.58. The van der Waals surface area contributed by atoms with Crippen molar-refractivity contribution in [2.24, 2.45) is 0 Å². The van der Waals surface area contributed by atoms with E-state index in [2.05, 4.69) is 158 Å². The molecule has 1 heterocycles. The number of benzene rings is 7. The molecule has 1 heteroatoms. The molecule has 9 rings (SSSR count). The monoisotopic (exact) mass is 535 g/mol. The first-order chi connectivity index (χ1) is 20.6. The lowest BCUT2D eigenvalue weighted by Crippen LogP contribution is -2.23. The van der Waals surface area contributed by atoms with Crippen LogP contribution in [0.4, 0.5) is 0 Å². The van der Waals surface area contributed by atoms with Crippen LogP contribution in [0, 0.1) is 0 Å². The van der Waals surface area contributed by atoms with E-state index in [1.807, 2.05) is 0 Å². The first-order valence-corrected chi connectivity index (χ1v) is 14.8. The average molecular weight is 536 g/mol. The van der Waals surface area contributed by atoms with Crippen molar-refractivity contribution in [3.63, 3.8) is 0 Å². The molecule has 1 aliphatic carbocycles. The minimum absolute atomic E-state index is 0.0950. The highest BCUT2D eigenvalue weighted by molar-refractivity contribution is 6.26. The molecule has 0 amide bonds. The molecule has 7 aromatic carbocycles. The quantitative estimate of drug-likeness (QED) is 0.207. The fraction of sp³-hybridized carbons (Fsp3) is 0.0732. The van der Waals surface area contributed by atoms with Gasteiger partial charge in [0.15, 0.2) is 0 Å². The third-order valence-electron chi connectivity index (χ3n) is 9.55. The van der Waals surface area contributed by atoms with Crippen LogP contribution in [0.1, 0.15) is 25.0 Å². The van der Waals surface area contributed by atoms with E-state index in [0.717, 1.165) is 0 Å². The van der Waals surface area contributed by atoms with E-state index in [1.165, 1.54) is 82.4 Å². The van der Waals surface area contributed by atoms with Crippen molar-refractivity contribution in [2.75, 3.05) is 0 Å². The zero-order chi connectivity index (χ0) is 28.0. The van der Waals surface area contributed by atoms with Crippen LogP contribution in [0.15, 0.2) is 140 Å². The second-order valence-corrected chi connectivity index (χ2v) is 12.1. The number of fused-ring (bicyclic) bond motifs is 8.